The molecule has 0 radical (unpaired) electrons. The first kappa shape index (κ1) is 18.6. The Balaban J connectivity index is 2.29. The van der Waals surface area contributed by atoms with Gasteiger partial charge in [-0.1, -0.05) is 26.0 Å². The number of nitrogens with zero attached hydrogens (tertiary/aromatic N) is 3. The van der Waals surface area contributed by atoms with Gasteiger partial charge in [0.1, 0.15) is 0 Å². The van der Waals surface area contributed by atoms with Crippen LogP contribution in [0.15, 0.2) is 24.3 Å². The van der Waals surface area contributed by atoms with Gasteiger partial charge in [0.2, 0.25) is 0 Å². The number of benzene rings is 1. The van der Waals surface area contributed by atoms with Crippen molar-refractivity contribution in [3.8, 4) is 0 Å². The Bertz CT molecular complexity index is 750. The summed E-state index contributed by atoms with van der Waals surface area (Å²) >= 11 is 0. The first-order chi connectivity index (χ1) is 12.0. The number of nitro benzene ring substituents is 1. The quantitative estimate of drug-likeness (QED) is 0.417. The van der Waals surface area contributed by atoms with E-state index >= 15 is 0 Å². The van der Waals surface area contributed by atoms with Gasteiger partial charge in [-0.05, 0) is 25.3 Å². The van der Waals surface area contributed by atoms with Gasteiger partial charge in [0.05, 0.1) is 30.2 Å². The summed E-state index contributed by atoms with van der Waals surface area (Å²) in [6, 6.07) is 6.45. The van der Waals surface area contributed by atoms with Gasteiger partial charge in [0.15, 0.2) is 0 Å². The lowest BCUT2D eigenvalue weighted by molar-refractivity contribution is -0.384. The highest BCUT2D eigenvalue weighted by Crippen LogP contribution is 2.20. The number of esters is 1. The molecule has 0 unspecified atom stereocenters. The summed E-state index contributed by atoms with van der Waals surface area (Å²) < 4.78 is 6.95. The molecule has 0 amide bonds. The number of nitro groups is 1. The van der Waals surface area contributed by atoms with E-state index in [4.69, 9.17) is 4.74 Å². The van der Waals surface area contributed by atoms with Crippen LogP contribution in [0.5, 0.6) is 0 Å². The van der Waals surface area contributed by atoms with Gasteiger partial charge in [-0.2, -0.15) is 5.10 Å². The molecule has 2 rings (SSSR count). The number of non-ortho nitro benzene ring substituents is 1. The van der Waals surface area contributed by atoms with Crippen LogP contribution in [-0.2, 0) is 35.3 Å². The van der Waals surface area contributed by atoms with E-state index in [-0.39, 0.29) is 18.1 Å². The highest BCUT2D eigenvalue weighted by molar-refractivity contribution is 5.73. The van der Waals surface area contributed by atoms with E-state index in [9.17, 15) is 14.9 Å². The summed E-state index contributed by atoms with van der Waals surface area (Å²) in [5, 5.41) is 15.4. The molecule has 0 fully saturated rings. The van der Waals surface area contributed by atoms with Crippen LogP contribution in [0.4, 0.5) is 5.69 Å². The van der Waals surface area contributed by atoms with E-state index in [0.29, 0.717) is 13.2 Å². The van der Waals surface area contributed by atoms with E-state index in [1.165, 1.54) is 12.1 Å². The predicted molar refractivity (Wildman–Crippen MR) is 93.5 cm³/mol. The largest absolute Gasteiger partial charge is 0.466 e. The molecule has 134 valence electrons. The van der Waals surface area contributed by atoms with Gasteiger partial charge in [-0.25, -0.2) is 0 Å². The average Bonchev–Trinajstić information content (AvgIpc) is 2.91. The Labute approximate surface area is 146 Å². The molecule has 25 heavy (non-hydrogen) atoms. The summed E-state index contributed by atoms with van der Waals surface area (Å²) in [5.41, 5.74) is 3.82. The normalized spacial score (nSPS) is 10.7. The minimum atomic E-state index is -0.415. The minimum Gasteiger partial charge on any atom is -0.466 e. The third-order valence-corrected chi connectivity index (χ3v) is 4.03. The molecule has 0 N–H and O–H groups in total. The number of hydrogen-bond donors (Lipinski definition) is 0. The van der Waals surface area contributed by atoms with Crippen LogP contribution in [-0.4, -0.2) is 27.3 Å². The van der Waals surface area contributed by atoms with Crippen LogP contribution < -0.4 is 0 Å². The van der Waals surface area contributed by atoms with Crippen molar-refractivity contribution in [1.82, 2.24) is 9.78 Å². The van der Waals surface area contributed by atoms with Crippen molar-refractivity contribution in [3.05, 3.63) is 56.9 Å². The molecule has 1 aromatic heterocycles. The smallest absolute Gasteiger partial charge is 0.310 e. The molecule has 0 aliphatic carbocycles. The molecule has 0 aliphatic heterocycles. The Morgan fingerprint density at radius 3 is 2.40 bits per heavy atom. The van der Waals surface area contributed by atoms with Crippen LogP contribution in [0.25, 0.3) is 0 Å². The molecule has 0 aliphatic rings. The van der Waals surface area contributed by atoms with Gasteiger partial charge in [0, 0.05) is 23.4 Å². The van der Waals surface area contributed by atoms with Gasteiger partial charge < -0.3 is 4.74 Å². The highest BCUT2D eigenvalue weighted by Gasteiger charge is 2.19. The average molecular weight is 345 g/mol. The molecule has 1 aromatic carbocycles. The maximum Gasteiger partial charge on any atom is 0.310 e. The Morgan fingerprint density at radius 1 is 1.20 bits per heavy atom. The van der Waals surface area contributed by atoms with Crippen molar-refractivity contribution in [1.29, 1.82) is 0 Å². The zero-order valence-electron chi connectivity index (χ0n) is 14.8. The van der Waals surface area contributed by atoms with E-state index in [1.807, 2.05) is 18.5 Å². The van der Waals surface area contributed by atoms with Crippen molar-refractivity contribution < 1.29 is 14.5 Å². The minimum absolute atomic E-state index is 0.0668. The second-order valence-corrected chi connectivity index (χ2v) is 5.64. The number of carbonyl (C=O) groups is 1. The second-order valence-electron chi connectivity index (χ2n) is 5.64. The summed E-state index contributed by atoms with van der Waals surface area (Å²) in [7, 11) is 0. The fraction of sp³-hybridized carbons (Fsp3) is 0.444. The van der Waals surface area contributed by atoms with E-state index < -0.39 is 4.92 Å². The molecular weight excluding hydrogens is 322 g/mol. The maximum atomic E-state index is 11.9. The Hall–Kier alpha value is -2.70. The van der Waals surface area contributed by atoms with Crippen molar-refractivity contribution in [3.63, 3.8) is 0 Å². The number of ether oxygens (including phenoxy) is 1. The fourth-order valence-electron chi connectivity index (χ4n) is 2.86. The zero-order valence-corrected chi connectivity index (χ0v) is 14.8. The number of aryl methyl sites for hydroxylation is 1. The van der Waals surface area contributed by atoms with E-state index in [2.05, 4.69) is 5.10 Å². The fourth-order valence-corrected chi connectivity index (χ4v) is 2.86. The van der Waals surface area contributed by atoms with Crippen LogP contribution in [0.3, 0.4) is 0 Å². The van der Waals surface area contributed by atoms with Crippen LogP contribution >= 0.6 is 0 Å². The standard InChI is InChI=1S/C18H23N3O4/c1-4-16-15(11-18(22)25-6-3)17(5-2)20(19-16)12-13-7-9-14(10-8-13)21(23)24/h7-10H,4-6,11-12H2,1-3H3. The Morgan fingerprint density at radius 2 is 1.88 bits per heavy atom. The molecule has 0 bridgehead atoms. The molecule has 0 atom stereocenters. The third-order valence-electron chi connectivity index (χ3n) is 4.03. The predicted octanol–water partition coefficient (Wildman–Crippen LogP) is 3.07. The van der Waals surface area contributed by atoms with Crippen LogP contribution in [0.2, 0.25) is 0 Å². The van der Waals surface area contributed by atoms with Gasteiger partial charge in [-0.15, -0.1) is 0 Å². The second kappa shape index (κ2) is 8.41. The number of aromatic nitrogens is 2. The third kappa shape index (κ3) is 4.43. The summed E-state index contributed by atoms with van der Waals surface area (Å²) in [6.45, 7) is 6.69. The number of carbonyl (C=O) groups excluding carboxylic acids is 1. The van der Waals surface area contributed by atoms with Crippen molar-refractivity contribution in [2.24, 2.45) is 0 Å². The van der Waals surface area contributed by atoms with Gasteiger partial charge >= 0.3 is 5.97 Å². The zero-order chi connectivity index (χ0) is 18.4. The molecule has 2 aromatic rings. The topological polar surface area (TPSA) is 87.3 Å². The summed E-state index contributed by atoms with van der Waals surface area (Å²) in [4.78, 5) is 22.2. The van der Waals surface area contributed by atoms with Crippen molar-refractivity contribution >= 4 is 11.7 Å². The molecule has 0 saturated heterocycles. The van der Waals surface area contributed by atoms with Crippen LogP contribution in [0.1, 0.15) is 43.3 Å². The van der Waals surface area contributed by atoms with Crippen LogP contribution in [0, 0.1) is 10.1 Å². The Kier molecular flexibility index (Phi) is 6.27. The first-order valence-electron chi connectivity index (χ1n) is 8.46. The van der Waals surface area contributed by atoms with E-state index in [0.717, 1.165) is 35.4 Å². The van der Waals surface area contributed by atoms with Gasteiger partial charge in [-0.3, -0.25) is 19.6 Å². The molecule has 7 heteroatoms. The molecule has 1 heterocycles. The summed E-state index contributed by atoms with van der Waals surface area (Å²) in [5.74, 6) is -0.248. The lowest BCUT2D eigenvalue weighted by atomic mass is 10.1. The maximum absolute atomic E-state index is 11.9. The first-order valence-corrected chi connectivity index (χ1v) is 8.46. The monoisotopic (exact) mass is 345 g/mol. The number of hydrogen-bond acceptors (Lipinski definition) is 5. The van der Waals surface area contributed by atoms with Crippen molar-refractivity contribution in [2.45, 2.75) is 46.6 Å². The molecule has 7 nitrogen and oxygen atoms in total. The van der Waals surface area contributed by atoms with Gasteiger partial charge in [0.25, 0.3) is 5.69 Å². The summed E-state index contributed by atoms with van der Waals surface area (Å²) in [6.07, 6.45) is 1.70. The molecular formula is C18H23N3O4. The molecule has 0 spiro atoms. The SMILES string of the molecule is CCOC(=O)Cc1c(CC)nn(Cc2ccc([N+](=O)[O-])cc2)c1CC. The van der Waals surface area contributed by atoms with Crippen molar-refractivity contribution in [2.75, 3.05) is 6.61 Å². The lowest BCUT2D eigenvalue weighted by Crippen LogP contribution is -2.11. The highest BCUT2D eigenvalue weighted by atomic mass is 16.6. The number of rotatable bonds is 8. The van der Waals surface area contributed by atoms with E-state index in [1.54, 1.807) is 19.1 Å². The molecule has 0 saturated carbocycles. The lowest BCUT2D eigenvalue weighted by Gasteiger charge is -2.08.